The Labute approximate surface area is 140 Å². The Bertz CT molecular complexity index is 722. The van der Waals surface area contributed by atoms with Crippen LogP contribution in [0.4, 0.5) is 4.39 Å². The lowest BCUT2D eigenvalue weighted by Crippen LogP contribution is -2.62. The molecule has 1 saturated carbocycles. The normalized spacial score (nSPS) is 26.8. The minimum atomic E-state index is -0.303. The molecule has 2 atom stereocenters. The van der Waals surface area contributed by atoms with Gasteiger partial charge in [-0.2, -0.15) is 0 Å². The van der Waals surface area contributed by atoms with E-state index in [0.29, 0.717) is 30.1 Å². The Balaban J connectivity index is 1.40. The van der Waals surface area contributed by atoms with E-state index in [0.717, 1.165) is 32.4 Å². The number of rotatable bonds is 4. The monoisotopic (exact) mass is 334 g/mol. The summed E-state index contributed by atoms with van der Waals surface area (Å²) < 4.78 is 24.8. The van der Waals surface area contributed by atoms with Crippen molar-refractivity contribution in [2.45, 2.75) is 44.9 Å². The molecule has 1 aliphatic heterocycles. The molecule has 6 heteroatoms. The van der Waals surface area contributed by atoms with Crippen LogP contribution in [0.25, 0.3) is 11.1 Å². The van der Waals surface area contributed by atoms with Gasteiger partial charge >= 0.3 is 0 Å². The number of aromatic nitrogens is 1. The van der Waals surface area contributed by atoms with Crippen molar-refractivity contribution in [3.05, 3.63) is 29.9 Å². The van der Waals surface area contributed by atoms with E-state index in [9.17, 15) is 9.50 Å². The second-order valence-electron chi connectivity index (χ2n) is 6.92. The maximum absolute atomic E-state index is 13.2. The molecule has 1 aromatic heterocycles. The molecule has 0 bridgehead atoms. The van der Waals surface area contributed by atoms with Crippen molar-refractivity contribution in [2.75, 3.05) is 19.7 Å². The number of hydrogen-bond donors (Lipinski definition) is 1. The predicted octanol–water partition coefficient (Wildman–Crippen LogP) is 2.72. The number of benzene rings is 1. The van der Waals surface area contributed by atoms with Crippen molar-refractivity contribution in [3.8, 4) is 0 Å². The van der Waals surface area contributed by atoms with Crippen LogP contribution in [0, 0.1) is 11.2 Å². The summed E-state index contributed by atoms with van der Waals surface area (Å²) in [5, 5.41) is 10.3. The molecule has 1 aliphatic carbocycles. The van der Waals surface area contributed by atoms with Gasteiger partial charge in [0.15, 0.2) is 5.58 Å². The summed E-state index contributed by atoms with van der Waals surface area (Å²) in [4.78, 5) is 6.65. The highest BCUT2D eigenvalue weighted by Gasteiger charge is 2.55. The van der Waals surface area contributed by atoms with Gasteiger partial charge in [0, 0.05) is 24.5 Å². The number of ether oxygens (including phenoxy) is 1. The molecule has 1 N–H and O–H groups in total. The number of nitrogens with zero attached hydrogens (tertiary/aromatic N) is 2. The van der Waals surface area contributed by atoms with Gasteiger partial charge in [0.1, 0.15) is 11.3 Å². The number of piperidine rings is 1. The maximum Gasteiger partial charge on any atom is 0.209 e. The second kappa shape index (κ2) is 6.10. The number of fused-ring (bicyclic) bond motifs is 1. The SMILES string of the molecule is CCOC1CC(O)C12CCN(Cc1nc3cc(F)ccc3o1)CC2. The van der Waals surface area contributed by atoms with Crippen molar-refractivity contribution < 1.29 is 18.7 Å². The summed E-state index contributed by atoms with van der Waals surface area (Å²) in [5.41, 5.74) is 1.10. The highest BCUT2D eigenvalue weighted by atomic mass is 19.1. The molecule has 2 fully saturated rings. The topological polar surface area (TPSA) is 58.7 Å². The largest absolute Gasteiger partial charge is 0.439 e. The van der Waals surface area contributed by atoms with E-state index >= 15 is 0 Å². The van der Waals surface area contributed by atoms with Gasteiger partial charge in [0.25, 0.3) is 0 Å². The van der Waals surface area contributed by atoms with Gasteiger partial charge in [-0.3, -0.25) is 4.90 Å². The zero-order valence-electron chi connectivity index (χ0n) is 13.9. The van der Waals surface area contributed by atoms with Crippen LogP contribution in [0.1, 0.15) is 32.1 Å². The Morgan fingerprint density at radius 2 is 2.21 bits per heavy atom. The molecule has 1 spiro atoms. The number of halogens is 1. The number of likely N-dealkylation sites (tertiary alicyclic amines) is 1. The first-order valence-electron chi connectivity index (χ1n) is 8.68. The minimum absolute atomic E-state index is 0.0725. The number of aliphatic hydroxyl groups is 1. The molecule has 1 saturated heterocycles. The van der Waals surface area contributed by atoms with Crippen LogP contribution in [0.5, 0.6) is 0 Å². The molecular formula is C18H23FN2O3. The molecule has 2 unspecified atom stereocenters. The highest BCUT2D eigenvalue weighted by Crippen LogP contribution is 2.51. The van der Waals surface area contributed by atoms with Crippen molar-refractivity contribution in [1.82, 2.24) is 9.88 Å². The lowest BCUT2D eigenvalue weighted by molar-refractivity contribution is -0.210. The minimum Gasteiger partial charge on any atom is -0.439 e. The fraction of sp³-hybridized carbons (Fsp3) is 0.611. The summed E-state index contributed by atoms with van der Waals surface area (Å²) >= 11 is 0. The Hall–Kier alpha value is -1.50. The van der Waals surface area contributed by atoms with E-state index in [4.69, 9.17) is 9.15 Å². The Morgan fingerprint density at radius 1 is 1.42 bits per heavy atom. The molecule has 0 amide bonds. The third-order valence-corrected chi connectivity index (χ3v) is 5.65. The molecule has 5 nitrogen and oxygen atoms in total. The van der Waals surface area contributed by atoms with Crippen LogP contribution in [0.15, 0.2) is 22.6 Å². The molecule has 1 aromatic carbocycles. The van der Waals surface area contributed by atoms with Crippen molar-refractivity contribution in [3.63, 3.8) is 0 Å². The molecular weight excluding hydrogens is 311 g/mol. The van der Waals surface area contributed by atoms with Crippen LogP contribution < -0.4 is 0 Å². The third kappa shape index (κ3) is 2.62. The fourth-order valence-electron chi connectivity index (χ4n) is 4.15. The third-order valence-electron chi connectivity index (χ3n) is 5.65. The first-order chi connectivity index (χ1) is 11.6. The zero-order valence-corrected chi connectivity index (χ0v) is 13.9. The summed E-state index contributed by atoms with van der Waals surface area (Å²) in [6.45, 7) is 5.08. The average molecular weight is 334 g/mol. The van der Waals surface area contributed by atoms with E-state index in [1.165, 1.54) is 12.1 Å². The summed E-state index contributed by atoms with van der Waals surface area (Å²) in [6, 6.07) is 4.39. The van der Waals surface area contributed by atoms with Gasteiger partial charge < -0.3 is 14.3 Å². The first kappa shape index (κ1) is 16.0. The fourth-order valence-corrected chi connectivity index (χ4v) is 4.15. The molecule has 2 heterocycles. The summed E-state index contributed by atoms with van der Waals surface area (Å²) in [7, 11) is 0. The quantitative estimate of drug-likeness (QED) is 0.932. The molecule has 2 aliphatic rings. The van der Waals surface area contributed by atoms with Gasteiger partial charge in [-0.25, -0.2) is 9.37 Å². The molecule has 0 radical (unpaired) electrons. The number of aliphatic hydroxyl groups excluding tert-OH is 1. The number of hydrogen-bond acceptors (Lipinski definition) is 5. The van der Waals surface area contributed by atoms with Gasteiger partial charge in [-0.15, -0.1) is 0 Å². The van der Waals surface area contributed by atoms with Crippen LogP contribution in [-0.4, -0.2) is 46.9 Å². The Kier molecular flexibility index (Phi) is 4.06. The van der Waals surface area contributed by atoms with Gasteiger partial charge in [-0.05, 0) is 45.0 Å². The number of oxazole rings is 1. The smallest absolute Gasteiger partial charge is 0.209 e. The van der Waals surface area contributed by atoms with Crippen molar-refractivity contribution in [1.29, 1.82) is 0 Å². The highest BCUT2D eigenvalue weighted by molar-refractivity contribution is 5.72. The predicted molar refractivity (Wildman–Crippen MR) is 86.9 cm³/mol. The average Bonchev–Trinajstić information content (AvgIpc) is 2.96. The van der Waals surface area contributed by atoms with Crippen molar-refractivity contribution in [2.24, 2.45) is 5.41 Å². The molecule has 24 heavy (non-hydrogen) atoms. The van der Waals surface area contributed by atoms with E-state index in [1.807, 2.05) is 6.92 Å². The van der Waals surface area contributed by atoms with Crippen molar-refractivity contribution >= 4 is 11.1 Å². The Morgan fingerprint density at radius 3 is 2.92 bits per heavy atom. The van der Waals surface area contributed by atoms with Gasteiger partial charge in [0.05, 0.1) is 18.8 Å². The lowest BCUT2D eigenvalue weighted by Gasteiger charge is -2.56. The standard InChI is InChI=1S/C18H23FN2O3/c1-2-23-16-10-15(22)18(16)5-7-21(8-6-18)11-17-20-13-9-12(19)3-4-14(13)24-17/h3-4,9,15-16,22H,2,5-8,10-11H2,1H3. The molecule has 130 valence electrons. The zero-order chi connectivity index (χ0) is 16.7. The molecule has 2 aromatic rings. The summed E-state index contributed by atoms with van der Waals surface area (Å²) in [5.74, 6) is 0.310. The van der Waals surface area contributed by atoms with Crippen LogP contribution in [-0.2, 0) is 11.3 Å². The lowest BCUT2D eigenvalue weighted by atomic mass is 9.58. The van der Waals surface area contributed by atoms with Crippen LogP contribution in [0.2, 0.25) is 0 Å². The van der Waals surface area contributed by atoms with E-state index in [2.05, 4.69) is 9.88 Å². The van der Waals surface area contributed by atoms with Gasteiger partial charge in [0.2, 0.25) is 5.89 Å². The van der Waals surface area contributed by atoms with Crippen LogP contribution in [0.3, 0.4) is 0 Å². The van der Waals surface area contributed by atoms with E-state index in [-0.39, 0.29) is 23.4 Å². The van der Waals surface area contributed by atoms with Crippen LogP contribution >= 0.6 is 0 Å². The second-order valence-corrected chi connectivity index (χ2v) is 6.92. The molecule has 4 rings (SSSR count). The van der Waals surface area contributed by atoms with Gasteiger partial charge in [-0.1, -0.05) is 0 Å². The first-order valence-corrected chi connectivity index (χ1v) is 8.68. The summed E-state index contributed by atoms with van der Waals surface area (Å²) in [6.07, 6.45) is 2.54. The van der Waals surface area contributed by atoms with E-state index < -0.39 is 0 Å². The maximum atomic E-state index is 13.2. The van der Waals surface area contributed by atoms with E-state index in [1.54, 1.807) is 6.07 Å².